The topological polar surface area (TPSA) is 60.9 Å². The second-order valence-electron chi connectivity index (χ2n) is 5.95. The first-order valence-electron chi connectivity index (χ1n) is 7.39. The number of fused-ring (bicyclic) bond motifs is 2. The fourth-order valence-electron chi connectivity index (χ4n) is 3.49. The van der Waals surface area contributed by atoms with Gasteiger partial charge in [-0.1, -0.05) is 5.57 Å². The van der Waals surface area contributed by atoms with Gasteiger partial charge in [-0.25, -0.2) is 4.79 Å². The number of carboxylic acids is 1. The van der Waals surface area contributed by atoms with Gasteiger partial charge in [0.05, 0.1) is 11.6 Å². The third-order valence-corrected chi connectivity index (χ3v) is 4.73. The molecule has 0 saturated carbocycles. The van der Waals surface area contributed by atoms with Crippen molar-refractivity contribution >= 4 is 17.4 Å². The number of aliphatic carboxylic acids is 1. The summed E-state index contributed by atoms with van der Waals surface area (Å²) in [6.45, 7) is 2.63. The van der Waals surface area contributed by atoms with Crippen LogP contribution in [0.3, 0.4) is 0 Å². The molecule has 2 bridgehead atoms. The van der Waals surface area contributed by atoms with Crippen molar-refractivity contribution in [2.45, 2.75) is 25.4 Å². The van der Waals surface area contributed by atoms with Crippen molar-refractivity contribution < 1.29 is 64.4 Å². The number of hydrogen-bond donors (Lipinski definition) is 1. The van der Waals surface area contributed by atoms with Gasteiger partial charge in [-0.2, -0.15) is 30.3 Å². The Morgan fingerprint density at radius 2 is 1.88 bits per heavy atom. The molecule has 1 radical (unpaired) electrons. The number of benzene rings is 1. The minimum absolute atomic E-state index is 0. The first-order valence-corrected chi connectivity index (χ1v) is 7.39. The first-order chi connectivity index (χ1) is 10.5. The van der Waals surface area contributed by atoms with E-state index in [1.807, 2.05) is 19.2 Å². The van der Waals surface area contributed by atoms with Crippen LogP contribution in [0.2, 0.25) is 0 Å². The molecule has 7 heteroatoms. The molecule has 1 N–H and O–H groups in total. The summed E-state index contributed by atoms with van der Waals surface area (Å²) in [5.74, 6) is -0.894. The molecule has 1 aromatic carbocycles. The summed E-state index contributed by atoms with van der Waals surface area (Å²) in [6, 6.07) is 10.3. The molecule has 0 aromatic heterocycles. The van der Waals surface area contributed by atoms with E-state index in [0.717, 1.165) is 11.1 Å². The number of carboxylic acid groups (broad SMARTS) is 1. The van der Waals surface area contributed by atoms with Crippen molar-refractivity contribution in [3.63, 3.8) is 0 Å². The molecular formula is C17H19N2O3UV-. The molecule has 1 saturated heterocycles. The zero-order chi connectivity index (χ0) is 15.9. The van der Waals surface area contributed by atoms with E-state index in [-0.39, 0.29) is 67.7 Å². The van der Waals surface area contributed by atoms with Gasteiger partial charge >= 0.3 is 5.97 Å². The minimum Gasteiger partial charge on any atom is -0.478 e. The summed E-state index contributed by atoms with van der Waals surface area (Å²) in [4.78, 5) is 27.4. The maximum absolute atomic E-state index is 11.9. The molecule has 125 valence electrons. The predicted molar refractivity (Wildman–Crippen MR) is 82.0 cm³/mol. The molecule has 2 aliphatic rings. The minimum atomic E-state index is -0.900. The van der Waals surface area contributed by atoms with Gasteiger partial charge in [0.1, 0.15) is 0 Å². The fraction of sp³-hybridized carbons (Fsp3) is 0.412. The van der Waals surface area contributed by atoms with Gasteiger partial charge in [-0.3, -0.25) is 9.69 Å². The standard InChI is InChI=1S/C17H19N2O3.U.V/c1-11(20)19-9-13-8-14(12-6-4-3-5-7-12)16(17(21)22)15(10-19)18(13)2;;/h4-7,13,15H,8-10H2,1-2H3,(H,21,22);;/q-1;;. The van der Waals surface area contributed by atoms with Crippen molar-refractivity contribution in [1.29, 1.82) is 0 Å². The van der Waals surface area contributed by atoms with Crippen LogP contribution in [0.15, 0.2) is 29.8 Å². The first kappa shape index (κ1) is 21.5. The number of hydrogen-bond acceptors (Lipinski definition) is 3. The molecule has 24 heavy (non-hydrogen) atoms. The molecule has 3 rings (SSSR count). The van der Waals surface area contributed by atoms with E-state index in [9.17, 15) is 14.7 Å². The monoisotopic (exact) mass is 588 g/mol. The summed E-state index contributed by atoms with van der Waals surface area (Å²) in [6.07, 6.45) is 0.641. The van der Waals surface area contributed by atoms with Crippen molar-refractivity contribution in [1.82, 2.24) is 9.80 Å². The number of amides is 1. The Balaban J connectivity index is 0.00000144. The zero-order valence-electron chi connectivity index (χ0n) is 13.7. The molecule has 2 heterocycles. The summed E-state index contributed by atoms with van der Waals surface area (Å²) in [5.41, 5.74) is 2.24. The van der Waals surface area contributed by atoms with Gasteiger partial charge in [0, 0.05) is 75.7 Å². The molecule has 2 aliphatic heterocycles. The number of nitrogens with zero attached hydrogens (tertiary/aromatic N) is 2. The number of piperazine rings is 1. The Morgan fingerprint density at radius 3 is 2.42 bits per heavy atom. The van der Waals surface area contributed by atoms with E-state index in [1.54, 1.807) is 24.0 Å². The van der Waals surface area contributed by atoms with Crippen LogP contribution < -0.4 is 0 Å². The Hall–Kier alpha value is -0.504. The van der Waals surface area contributed by atoms with Crippen LogP contribution in [0.5, 0.6) is 0 Å². The van der Waals surface area contributed by atoms with Crippen molar-refractivity contribution in [2.24, 2.45) is 0 Å². The summed E-state index contributed by atoms with van der Waals surface area (Å²) in [7, 11) is 1.95. The van der Waals surface area contributed by atoms with Crippen LogP contribution in [0.1, 0.15) is 18.9 Å². The van der Waals surface area contributed by atoms with Gasteiger partial charge in [-0.15, -0.1) is 5.56 Å². The third kappa shape index (κ3) is 4.00. The zero-order valence-corrected chi connectivity index (χ0v) is 19.3. The van der Waals surface area contributed by atoms with E-state index in [4.69, 9.17) is 0 Å². The van der Waals surface area contributed by atoms with Gasteiger partial charge in [-0.05, 0) is 13.5 Å². The average Bonchev–Trinajstić information content (AvgIpc) is 2.47. The van der Waals surface area contributed by atoms with Crippen LogP contribution in [-0.4, -0.2) is 59.0 Å². The van der Waals surface area contributed by atoms with E-state index in [1.165, 1.54) is 0 Å². The second-order valence-corrected chi connectivity index (χ2v) is 5.95. The molecule has 0 aliphatic carbocycles. The van der Waals surface area contributed by atoms with Crippen LogP contribution in [0.4, 0.5) is 0 Å². The number of carbonyl (C=O) groups is 2. The molecule has 1 fully saturated rings. The maximum Gasteiger partial charge on any atom is 0.333 e. The Morgan fingerprint density at radius 1 is 1.25 bits per heavy atom. The Kier molecular flexibility index (Phi) is 7.84. The maximum atomic E-state index is 11.9. The van der Waals surface area contributed by atoms with Gasteiger partial charge < -0.3 is 10.0 Å². The van der Waals surface area contributed by atoms with Crippen LogP contribution >= 0.6 is 0 Å². The smallest absolute Gasteiger partial charge is 0.333 e. The second kappa shape index (κ2) is 8.74. The van der Waals surface area contributed by atoms with E-state index in [2.05, 4.69) is 11.0 Å². The number of rotatable bonds is 2. The Bertz CT molecular complexity index is 650. The number of likely N-dealkylation sites (N-methyl/N-ethyl adjacent to an activating group) is 1. The predicted octanol–water partition coefficient (Wildman–Crippen LogP) is 1.26. The third-order valence-electron chi connectivity index (χ3n) is 4.73. The molecule has 1 aromatic rings. The molecule has 5 nitrogen and oxygen atoms in total. The van der Waals surface area contributed by atoms with Crippen LogP contribution in [0.25, 0.3) is 5.57 Å². The van der Waals surface area contributed by atoms with Crippen molar-refractivity contribution in [2.75, 3.05) is 20.1 Å². The van der Waals surface area contributed by atoms with E-state index < -0.39 is 5.97 Å². The largest absolute Gasteiger partial charge is 0.478 e. The molecule has 1 amide bonds. The quantitative estimate of drug-likeness (QED) is 0.529. The van der Waals surface area contributed by atoms with E-state index >= 15 is 0 Å². The van der Waals surface area contributed by atoms with Gasteiger partial charge in [0.25, 0.3) is 0 Å². The van der Waals surface area contributed by atoms with Gasteiger partial charge in [0.2, 0.25) is 5.91 Å². The molecule has 2 atom stereocenters. The SMILES string of the molecule is CC(=O)N1CC2CC(c3cc[c-]cc3)=C(C(=O)O)C(C1)N2C.[U].[V]. The van der Waals surface area contributed by atoms with E-state index in [0.29, 0.717) is 25.1 Å². The normalized spacial score (nSPS) is 23.2. The summed E-state index contributed by atoms with van der Waals surface area (Å²) >= 11 is 0. The summed E-state index contributed by atoms with van der Waals surface area (Å²) in [5, 5.41) is 9.73. The molecular weight excluding hydrogens is 569 g/mol. The molecule has 0 spiro atoms. The Labute approximate surface area is 177 Å². The van der Waals surface area contributed by atoms with Crippen molar-refractivity contribution in [3.05, 3.63) is 41.5 Å². The molecule has 2 unspecified atom stereocenters. The number of carbonyl (C=O) groups excluding carboxylic acids is 1. The van der Waals surface area contributed by atoms with Crippen molar-refractivity contribution in [3.8, 4) is 0 Å². The summed E-state index contributed by atoms with van der Waals surface area (Å²) < 4.78 is 0. The van der Waals surface area contributed by atoms with Crippen LogP contribution in [0, 0.1) is 37.2 Å². The average molecular weight is 588 g/mol. The van der Waals surface area contributed by atoms with Crippen LogP contribution in [-0.2, 0) is 28.1 Å². The fourth-order valence-corrected chi connectivity index (χ4v) is 3.49. The van der Waals surface area contributed by atoms with Gasteiger partial charge in [0.15, 0.2) is 0 Å².